The molecule has 1 aromatic rings. The van der Waals surface area contributed by atoms with E-state index >= 15 is 0 Å². The number of carbonyl (C=O) groups excluding carboxylic acids is 3. The van der Waals surface area contributed by atoms with Gasteiger partial charge >= 0.3 is 12.0 Å². The molecule has 0 aliphatic rings. The van der Waals surface area contributed by atoms with E-state index in [9.17, 15) is 19.6 Å². The van der Waals surface area contributed by atoms with Crippen LogP contribution in [0.25, 0.3) is 0 Å². The first-order valence-electron chi connectivity index (χ1n) is 6.66. The number of amides is 3. The minimum Gasteiger partial charge on any atom is -0.462 e. The average molecular weight is 336 g/mol. The Balaban J connectivity index is 2.90. The minimum atomic E-state index is -0.613. The molecule has 0 bridgehead atoms. The first-order valence-corrected chi connectivity index (χ1v) is 7.64. The predicted molar refractivity (Wildman–Crippen MR) is 83.0 cm³/mol. The number of imide groups is 1. The van der Waals surface area contributed by atoms with Crippen molar-refractivity contribution < 1.29 is 19.1 Å². The molecule has 0 fully saturated rings. The number of nitriles is 1. The molecule has 0 aromatic carbocycles. The molecule has 0 aliphatic carbocycles. The summed E-state index contributed by atoms with van der Waals surface area (Å²) in [6, 6.07) is 2.71. The number of hydrogen-bond acceptors (Lipinski definition) is 7. The number of aromatic nitrogens is 1. The highest BCUT2D eigenvalue weighted by Crippen LogP contribution is 2.23. The zero-order valence-electron chi connectivity index (χ0n) is 12.9. The lowest BCUT2D eigenvalue weighted by molar-refractivity contribution is -0.117. The van der Waals surface area contributed by atoms with E-state index in [1.165, 1.54) is 13.1 Å². The van der Waals surface area contributed by atoms with Gasteiger partial charge in [0.2, 0.25) is 5.91 Å². The van der Waals surface area contributed by atoms with Crippen molar-refractivity contribution in [3.63, 3.8) is 0 Å². The van der Waals surface area contributed by atoms with Crippen LogP contribution in [0.2, 0.25) is 0 Å². The van der Waals surface area contributed by atoms with Crippen molar-refractivity contribution in [2.45, 2.75) is 18.9 Å². The first-order chi connectivity index (χ1) is 10.9. The Hall–Kier alpha value is -2.60. The summed E-state index contributed by atoms with van der Waals surface area (Å²) in [7, 11) is 1.39. The number of urea groups is 1. The molecule has 9 heteroatoms. The topological polar surface area (TPSA) is 121 Å². The second-order valence-corrected chi connectivity index (χ2v) is 5.19. The molecule has 0 unspecified atom stereocenters. The quantitative estimate of drug-likeness (QED) is 0.607. The Kier molecular flexibility index (Phi) is 7.02. The van der Waals surface area contributed by atoms with Gasteiger partial charge in [-0.3, -0.25) is 10.1 Å². The lowest BCUT2D eigenvalue weighted by atomic mass is 10.1. The molecule has 8 nitrogen and oxygen atoms in total. The average Bonchev–Trinajstić information content (AvgIpc) is 2.52. The van der Waals surface area contributed by atoms with E-state index in [0.717, 1.165) is 11.8 Å². The van der Waals surface area contributed by atoms with Crippen molar-refractivity contribution in [2.24, 2.45) is 0 Å². The van der Waals surface area contributed by atoms with Crippen molar-refractivity contribution in [1.82, 2.24) is 15.6 Å². The maximum absolute atomic E-state index is 11.8. The van der Waals surface area contributed by atoms with Gasteiger partial charge in [-0.1, -0.05) is 11.8 Å². The molecule has 2 N–H and O–H groups in total. The van der Waals surface area contributed by atoms with Gasteiger partial charge in [-0.2, -0.15) is 5.26 Å². The molecule has 0 saturated heterocycles. The van der Waals surface area contributed by atoms with Gasteiger partial charge in [0.05, 0.1) is 29.2 Å². The molecule has 122 valence electrons. The van der Waals surface area contributed by atoms with Crippen LogP contribution in [0.1, 0.15) is 28.5 Å². The Bertz CT molecular complexity index is 669. The Morgan fingerprint density at radius 2 is 2.13 bits per heavy atom. The van der Waals surface area contributed by atoms with Crippen LogP contribution in [0.5, 0.6) is 0 Å². The summed E-state index contributed by atoms with van der Waals surface area (Å²) in [5, 5.41) is 13.8. The highest BCUT2D eigenvalue weighted by molar-refractivity contribution is 8.00. The standard InChI is InChI=1S/C14H16N4O4S/c1-4-22-13(20)10-5-9(6-15)12(17-8(10)2)23-7-11(19)18-14(21)16-3/h5H,4,7H2,1-3H3,(H2,16,18,19,21). The fourth-order valence-corrected chi connectivity index (χ4v) is 2.35. The van der Waals surface area contributed by atoms with Crippen LogP contribution < -0.4 is 10.6 Å². The second-order valence-electron chi connectivity index (χ2n) is 4.22. The maximum atomic E-state index is 11.8. The van der Waals surface area contributed by atoms with Crippen molar-refractivity contribution in [3.8, 4) is 6.07 Å². The minimum absolute atomic E-state index is 0.0900. The van der Waals surface area contributed by atoms with Crippen molar-refractivity contribution in [2.75, 3.05) is 19.4 Å². The van der Waals surface area contributed by atoms with Gasteiger partial charge in [0.1, 0.15) is 11.1 Å². The Morgan fingerprint density at radius 1 is 1.43 bits per heavy atom. The van der Waals surface area contributed by atoms with E-state index in [0.29, 0.717) is 10.7 Å². The molecule has 1 aromatic heterocycles. The molecule has 1 heterocycles. The number of nitrogens with zero attached hydrogens (tertiary/aromatic N) is 2. The first kappa shape index (κ1) is 18.4. The number of aryl methyl sites for hydroxylation is 1. The summed E-state index contributed by atoms with van der Waals surface area (Å²) in [5.41, 5.74) is 0.774. The van der Waals surface area contributed by atoms with E-state index < -0.39 is 17.9 Å². The van der Waals surface area contributed by atoms with Crippen LogP contribution >= 0.6 is 11.8 Å². The van der Waals surface area contributed by atoms with Gasteiger partial charge in [-0.15, -0.1) is 0 Å². The predicted octanol–water partition coefficient (Wildman–Crippen LogP) is 0.986. The van der Waals surface area contributed by atoms with Crippen molar-refractivity contribution in [1.29, 1.82) is 5.26 Å². The molecule has 0 saturated carbocycles. The summed E-state index contributed by atoms with van der Waals surface area (Å²) in [6.07, 6.45) is 0. The van der Waals surface area contributed by atoms with Gasteiger partial charge in [0, 0.05) is 7.05 Å². The third-order valence-electron chi connectivity index (χ3n) is 2.61. The van der Waals surface area contributed by atoms with Gasteiger partial charge in [-0.25, -0.2) is 14.6 Å². The van der Waals surface area contributed by atoms with Crippen LogP contribution in [0.3, 0.4) is 0 Å². The fourth-order valence-electron chi connectivity index (χ4n) is 1.55. The molecule has 0 aliphatic heterocycles. The maximum Gasteiger partial charge on any atom is 0.340 e. The summed E-state index contributed by atoms with van der Waals surface area (Å²) in [5.74, 6) is -1.16. The largest absolute Gasteiger partial charge is 0.462 e. The molecule has 0 radical (unpaired) electrons. The summed E-state index contributed by atoms with van der Waals surface area (Å²) >= 11 is 1.00. The number of esters is 1. The number of rotatable bonds is 5. The smallest absolute Gasteiger partial charge is 0.340 e. The van der Waals surface area contributed by atoms with E-state index in [4.69, 9.17) is 4.74 Å². The van der Waals surface area contributed by atoms with Crippen LogP contribution in [0.15, 0.2) is 11.1 Å². The summed E-state index contributed by atoms with van der Waals surface area (Å²) in [6.45, 7) is 3.51. The van der Waals surface area contributed by atoms with E-state index in [1.807, 2.05) is 6.07 Å². The second kappa shape index (κ2) is 8.75. The van der Waals surface area contributed by atoms with E-state index in [2.05, 4.69) is 15.6 Å². The number of carbonyl (C=O) groups is 3. The number of nitrogens with one attached hydrogen (secondary N) is 2. The van der Waals surface area contributed by atoms with Crippen LogP contribution in [-0.4, -0.2) is 42.3 Å². The van der Waals surface area contributed by atoms with Crippen LogP contribution in [0, 0.1) is 18.3 Å². The number of ether oxygens (including phenoxy) is 1. The fraction of sp³-hybridized carbons (Fsp3) is 0.357. The summed E-state index contributed by atoms with van der Waals surface area (Å²) < 4.78 is 4.90. The number of hydrogen-bond donors (Lipinski definition) is 2. The highest BCUT2D eigenvalue weighted by Gasteiger charge is 2.17. The molecule has 0 atom stereocenters. The number of pyridine rings is 1. The Morgan fingerprint density at radius 3 is 2.70 bits per heavy atom. The van der Waals surface area contributed by atoms with Crippen LogP contribution in [-0.2, 0) is 9.53 Å². The zero-order valence-corrected chi connectivity index (χ0v) is 13.7. The van der Waals surface area contributed by atoms with Gasteiger partial charge in [0.25, 0.3) is 0 Å². The number of thioether (sulfide) groups is 1. The molecule has 23 heavy (non-hydrogen) atoms. The molecule has 0 spiro atoms. The Labute approximate surface area is 137 Å². The van der Waals surface area contributed by atoms with E-state index in [-0.39, 0.29) is 23.5 Å². The third-order valence-corrected chi connectivity index (χ3v) is 3.61. The van der Waals surface area contributed by atoms with E-state index in [1.54, 1.807) is 13.8 Å². The van der Waals surface area contributed by atoms with Gasteiger partial charge < -0.3 is 10.1 Å². The molecule has 3 amide bonds. The van der Waals surface area contributed by atoms with Crippen LogP contribution in [0.4, 0.5) is 4.79 Å². The zero-order chi connectivity index (χ0) is 17.4. The summed E-state index contributed by atoms with van der Waals surface area (Å²) in [4.78, 5) is 38.5. The third kappa shape index (κ3) is 5.27. The molecular weight excluding hydrogens is 320 g/mol. The van der Waals surface area contributed by atoms with Crippen molar-refractivity contribution >= 4 is 29.7 Å². The van der Waals surface area contributed by atoms with Gasteiger partial charge in [-0.05, 0) is 19.9 Å². The molecular formula is C14H16N4O4S. The monoisotopic (exact) mass is 336 g/mol. The van der Waals surface area contributed by atoms with Crippen molar-refractivity contribution in [3.05, 3.63) is 22.9 Å². The van der Waals surface area contributed by atoms with Gasteiger partial charge in [0.15, 0.2) is 0 Å². The SMILES string of the molecule is CCOC(=O)c1cc(C#N)c(SCC(=O)NC(=O)NC)nc1C. The highest BCUT2D eigenvalue weighted by atomic mass is 32.2. The lowest BCUT2D eigenvalue weighted by Crippen LogP contribution is -2.38. The molecule has 1 rings (SSSR count). The lowest BCUT2D eigenvalue weighted by Gasteiger charge is -2.09. The normalized spacial score (nSPS) is 9.65.